The number of nitrogens with one attached hydrogen (secondary N) is 1. The summed E-state index contributed by atoms with van der Waals surface area (Å²) in [7, 11) is 0. The van der Waals surface area contributed by atoms with Crippen LogP contribution >= 0.6 is 15.9 Å². The van der Waals surface area contributed by atoms with Gasteiger partial charge in [0.25, 0.3) is 0 Å². The van der Waals surface area contributed by atoms with Crippen molar-refractivity contribution >= 4 is 15.9 Å². The molecule has 0 aromatic carbocycles. The van der Waals surface area contributed by atoms with E-state index in [-0.39, 0.29) is 0 Å². The van der Waals surface area contributed by atoms with Gasteiger partial charge in [-0.15, -0.1) is 0 Å². The third-order valence-electron chi connectivity index (χ3n) is 3.38. The van der Waals surface area contributed by atoms with Crippen LogP contribution in [0.4, 0.5) is 0 Å². The van der Waals surface area contributed by atoms with Crippen molar-refractivity contribution in [3.63, 3.8) is 0 Å². The summed E-state index contributed by atoms with van der Waals surface area (Å²) < 4.78 is 1.07. The van der Waals surface area contributed by atoms with Crippen molar-refractivity contribution < 1.29 is 0 Å². The lowest BCUT2D eigenvalue weighted by molar-refractivity contribution is 0.162. The van der Waals surface area contributed by atoms with Gasteiger partial charge in [-0.05, 0) is 60.0 Å². The largest absolute Gasteiger partial charge is 0.317 e. The molecular formula is C13H20BrN3. The lowest BCUT2D eigenvalue weighted by Gasteiger charge is -2.33. The average Bonchev–Trinajstić information content (AvgIpc) is 2.37. The molecule has 0 unspecified atom stereocenters. The molecule has 0 amide bonds. The van der Waals surface area contributed by atoms with Crippen molar-refractivity contribution in [2.24, 2.45) is 0 Å². The smallest absolute Gasteiger partial charge is 0.0410 e. The molecule has 1 aromatic heterocycles. The zero-order valence-electron chi connectivity index (χ0n) is 10.3. The quantitative estimate of drug-likeness (QED) is 0.925. The summed E-state index contributed by atoms with van der Waals surface area (Å²) >= 11 is 3.48. The Hall–Kier alpha value is -0.450. The van der Waals surface area contributed by atoms with E-state index in [2.05, 4.69) is 44.1 Å². The normalized spacial score (nSPS) is 17.6. The van der Waals surface area contributed by atoms with E-state index in [1.807, 2.05) is 12.4 Å². The van der Waals surface area contributed by atoms with Gasteiger partial charge >= 0.3 is 0 Å². The molecule has 1 saturated heterocycles. The third kappa shape index (κ3) is 3.76. The maximum Gasteiger partial charge on any atom is 0.0410 e. The molecule has 1 aromatic rings. The second-order valence-corrected chi connectivity index (χ2v) is 5.47. The molecule has 17 heavy (non-hydrogen) atoms. The van der Waals surface area contributed by atoms with E-state index in [0.29, 0.717) is 0 Å². The van der Waals surface area contributed by atoms with Crippen molar-refractivity contribution in [3.05, 3.63) is 28.5 Å². The number of pyridine rings is 1. The second-order valence-electron chi connectivity index (χ2n) is 4.56. The fourth-order valence-electron chi connectivity index (χ4n) is 2.45. The molecule has 1 aliphatic rings. The van der Waals surface area contributed by atoms with Crippen molar-refractivity contribution in [1.29, 1.82) is 0 Å². The first-order chi connectivity index (χ1) is 8.29. The van der Waals surface area contributed by atoms with Crippen LogP contribution in [0.5, 0.6) is 0 Å². The molecule has 94 valence electrons. The van der Waals surface area contributed by atoms with Gasteiger partial charge in [0, 0.05) is 29.5 Å². The molecule has 1 N–H and O–H groups in total. The molecular weight excluding hydrogens is 278 g/mol. The SMILES string of the molecule is CCN(Cc1cncc(Br)c1)C1CCNCC1. The number of aromatic nitrogens is 1. The maximum absolute atomic E-state index is 4.23. The molecule has 1 fully saturated rings. The standard InChI is InChI=1S/C13H20BrN3/c1-2-17(13-3-5-15-6-4-13)10-11-7-12(14)9-16-8-11/h7-9,13,15H,2-6,10H2,1H3. The zero-order valence-corrected chi connectivity index (χ0v) is 11.9. The predicted molar refractivity (Wildman–Crippen MR) is 73.9 cm³/mol. The van der Waals surface area contributed by atoms with E-state index < -0.39 is 0 Å². The second kappa shape index (κ2) is 6.47. The highest BCUT2D eigenvalue weighted by Gasteiger charge is 2.19. The Balaban J connectivity index is 1.98. The summed E-state index contributed by atoms with van der Waals surface area (Å²) in [6.07, 6.45) is 6.32. The fourth-order valence-corrected chi connectivity index (χ4v) is 2.86. The Morgan fingerprint density at radius 2 is 2.18 bits per heavy atom. The number of piperidine rings is 1. The topological polar surface area (TPSA) is 28.2 Å². The third-order valence-corrected chi connectivity index (χ3v) is 3.81. The molecule has 3 nitrogen and oxygen atoms in total. The van der Waals surface area contributed by atoms with E-state index in [0.717, 1.165) is 36.7 Å². The number of rotatable bonds is 4. The first-order valence-electron chi connectivity index (χ1n) is 6.33. The van der Waals surface area contributed by atoms with Gasteiger partial charge in [-0.25, -0.2) is 0 Å². The van der Waals surface area contributed by atoms with Crippen molar-refractivity contribution in [2.45, 2.75) is 32.4 Å². The number of hydrogen-bond donors (Lipinski definition) is 1. The van der Waals surface area contributed by atoms with Crippen LogP contribution in [0.2, 0.25) is 0 Å². The molecule has 2 rings (SSSR count). The Kier molecular flexibility index (Phi) is 4.95. The van der Waals surface area contributed by atoms with E-state index >= 15 is 0 Å². The average molecular weight is 298 g/mol. The van der Waals surface area contributed by atoms with Gasteiger partial charge < -0.3 is 5.32 Å². The van der Waals surface area contributed by atoms with E-state index in [4.69, 9.17) is 0 Å². The maximum atomic E-state index is 4.23. The van der Waals surface area contributed by atoms with Crippen LogP contribution in [0.15, 0.2) is 22.9 Å². The van der Waals surface area contributed by atoms with E-state index in [1.165, 1.54) is 18.4 Å². The van der Waals surface area contributed by atoms with Crippen LogP contribution in [0, 0.1) is 0 Å². The Bertz CT molecular complexity index is 350. The number of nitrogens with zero attached hydrogens (tertiary/aromatic N) is 2. The first-order valence-corrected chi connectivity index (χ1v) is 7.13. The monoisotopic (exact) mass is 297 g/mol. The highest BCUT2D eigenvalue weighted by Crippen LogP contribution is 2.17. The Morgan fingerprint density at radius 1 is 1.41 bits per heavy atom. The molecule has 0 radical (unpaired) electrons. The lowest BCUT2D eigenvalue weighted by Crippen LogP contribution is -2.42. The van der Waals surface area contributed by atoms with Gasteiger partial charge in [0.15, 0.2) is 0 Å². The summed E-state index contributed by atoms with van der Waals surface area (Å²) in [6, 6.07) is 2.89. The van der Waals surface area contributed by atoms with Gasteiger partial charge in [-0.1, -0.05) is 6.92 Å². The van der Waals surface area contributed by atoms with Gasteiger partial charge in [-0.3, -0.25) is 9.88 Å². The Morgan fingerprint density at radius 3 is 2.82 bits per heavy atom. The summed E-state index contributed by atoms with van der Waals surface area (Å²) in [5.74, 6) is 0. The summed E-state index contributed by atoms with van der Waals surface area (Å²) in [5, 5.41) is 3.42. The van der Waals surface area contributed by atoms with Crippen molar-refractivity contribution in [3.8, 4) is 0 Å². The summed E-state index contributed by atoms with van der Waals surface area (Å²) in [4.78, 5) is 6.79. The predicted octanol–water partition coefficient (Wildman–Crippen LogP) is 2.42. The molecule has 0 bridgehead atoms. The van der Waals surface area contributed by atoms with Gasteiger partial charge in [-0.2, -0.15) is 0 Å². The minimum Gasteiger partial charge on any atom is -0.317 e. The summed E-state index contributed by atoms with van der Waals surface area (Å²) in [6.45, 7) is 6.66. The minimum atomic E-state index is 0.722. The van der Waals surface area contributed by atoms with Gasteiger partial charge in [0.1, 0.15) is 0 Å². The first kappa shape index (κ1) is 13.0. The van der Waals surface area contributed by atoms with Gasteiger partial charge in [0.05, 0.1) is 0 Å². The molecule has 0 spiro atoms. The molecule has 0 atom stereocenters. The molecule has 2 heterocycles. The van der Waals surface area contributed by atoms with Crippen LogP contribution in [-0.2, 0) is 6.54 Å². The number of hydrogen-bond acceptors (Lipinski definition) is 3. The lowest BCUT2D eigenvalue weighted by atomic mass is 10.0. The molecule has 1 aliphatic heterocycles. The molecule has 0 saturated carbocycles. The molecule has 4 heteroatoms. The minimum absolute atomic E-state index is 0.722. The van der Waals surface area contributed by atoms with Crippen molar-refractivity contribution in [2.75, 3.05) is 19.6 Å². The zero-order chi connectivity index (χ0) is 12.1. The number of halogens is 1. The summed E-state index contributed by atoms with van der Waals surface area (Å²) in [5.41, 5.74) is 1.29. The van der Waals surface area contributed by atoms with Crippen LogP contribution in [0.1, 0.15) is 25.3 Å². The van der Waals surface area contributed by atoms with Crippen LogP contribution in [-0.4, -0.2) is 35.6 Å². The van der Waals surface area contributed by atoms with E-state index in [1.54, 1.807) is 0 Å². The van der Waals surface area contributed by atoms with Crippen LogP contribution in [0.3, 0.4) is 0 Å². The van der Waals surface area contributed by atoms with Gasteiger partial charge in [0.2, 0.25) is 0 Å². The fraction of sp³-hybridized carbons (Fsp3) is 0.615. The highest BCUT2D eigenvalue weighted by atomic mass is 79.9. The highest BCUT2D eigenvalue weighted by molar-refractivity contribution is 9.10. The van der Waals surface area contributed by atoms with Crippen molar-refractivity contribution in [1.82, 2.24) is 15.2 Å². The van der Waals surface area contributed by atoms with Crippen LogP contribution < -0.4 is 5.32 Å². The Labute approximate surface area is 112 Å². The molecule has 0 aliphatic carbocycles. The van der Waals surface area contributed by atoms with Crippen LogP contribution in [0.25, 0.3) is 0 Å². The van der Waals surface area contributed by atoms with E-state index in [9.17, 15) is 0 Å².